The zero-order valence-electron chi connectivity index (χ0n) is 11.6. The van der Waals surface area contributed by atoms with Gasteiger partial charge in [0.2, 0.25) is 0 Å². The summed E-state index contributed by atoms with van der Waals surface area (Å²) in [5.41, 5.74) is 1.30. The standard InChI is InChI=1S/C15H23N3O/c1-19-15-10-13(11-15)17-12-4-8-18(9-5-12)14-2-6-16-7-3-14/h2-3,6-7,12-13,15,17H,4-5,8-11H2,1H3. The molecule has 19 heavy (non-hydrogen) atoms. The second-order valence-electron chi connectivity index (χ2n) is 5.66. The topological polar surface area (TPSA) is 37.4 Å². The highest BCUT2D eigenvalue weighted by Gasteiger charge is 2.31. The third kappa shape index (κ3) is 3.07. The van der Waals surface area contributed by atoms with E-state index in [-0.39, 0.29) is 0 Å². The molecule has 1 saturated carbocycles. The van der Waals surface area contributed by atoms with Gasteiger partial charge >= 0.3 is 0 Å². The molecule has 0 radical (unpaired) electrons. The van der Waals surface area contributed by atoms with E-state index in [1.807, 2.05) is 19.5 Å². The third-order valence-electron chi connectivity index (χ3n) is 4.42. The Morgan fingerprint density at radius 2 is 1.84 bits per heavy atom. The van der Waals surface area contributed by atoms with E-state index in [2.05, 4.69) is 27.3 Å². The Kier molecular flexibility index (Phi) is 3.99. The van der Waals surface area contributed by atoms with E-state index in [1.165, 1.54) is 31.4 Å². The third-order valence-corrected chi connectivity index (χ3v) is 4.42. The van der Waals surface area contributed by atoms with Gasteiger partial charge < -0.3 is 15.0 Å². The first-order valence-corrected chi connectivity index (χ1v) is 7.29. The quantitative estimate of drug-likeness (QED) is 0.897. The van der Waals surface area contributed by atoms with Crippen molar-refractivity contribution in [2.45, 2.75) is 43.9 Å². The summed E-state index contributed by atoms with van der Waals surface area (Å²) in [4.78, 5) is 6.53. The molecule has 1 aliphatic carbocycles. The van der Waals surface area contributed by atoms with Crippen LogP contribution in [0.4, 0.5) is 5.69 Å². The molecule has 1 aromatic rings. The van der Waals surface area contributed by atoms with E-state index >= 15 is 0 Å². The van der Waals surface area contributed by atoms with E-state index in [4.69, 9.17) is 4.74 Å². The van der Waals surface area contributed by atoms with Crippen LogP contribution in [-0.4, -0.2) is 43.4 Å². The molecule has 104 valence electrons. The van der Waals surface area contributed by atoms with Crippen molar-refractivity contribution < 1.29 is 4.74 Å². The lowest BCUT2D eigenvalue weighted by Crippen LogP contribution is -2.52. The van der Waals surface area contributed by atoms with Crippen LogP contribution in [0.3, 0.4) is 0 Å². The fourth-order valence-corrected chi connectivity index (χ4v) is 3.09. The van der Waals surface area contributed by atoms with E-state index in [9.17, 15) is 0 Å². The van der Waals surface area contributed by atoms with Crippen LogP contribution in [0.5, 0.6) is 0 Å². The molecule has 0 bridgehead atoms. The monoisotopic (exact) mass is 261 g/mol. The number of methoxy groups -OCH3 is 1. The van der Waals surface area contributed by atoms with Crippen LogP contribution in [0.2, 0.25) is 0 Å². The molecule has 0 atom stereocenters. The minimum absolute atomic E-state index is 0.495. The average molecular weight is 261 g/mol. The summed E-state index contributed by atoms with van der Waals surface area (Å²) in [5, 5.41) is 3.77. The second-order valence-corrected chi connectivity index (χ2v) is 5.66. The van der Waals surface area contributed by atoms with Gasteiger partial charge in [0.05, 0.1) is 6.10 Å². The molecule has 2 heterocycles. The Morgan fingerprint density at radius 3 is 2.47 bits per heavy atom. The Bertz CT molecular complexity index is 384. The molecule has 3 rings (SSSR count). The first-order chi connectivity index (χ1) is 9.35. The first-order valence-electron chi connectivity index (χ1n) is 7.29. The molecule has 2 fully saturated rings. The van der Waals surface area contributed by atoms with Gasteiger partial charge in [0.1, 0.15) is 0 Å². The summed E-state index contributed by atoms with van der Waals surface area (Å²) < 4.78 is 5.33. The Hall–Kier alpha value is -1.13. The first kappa shape index (κ1) is 12.9. The summed E-state index contributed by atoms with van der Waals surface area (Å²) in [6.07, 6.45) is 9.07. The van der Waals surface area contributed by atoms with Gasteiger partial charge in [-0.05, 0) is 37.8 Å². The smallest absolute Gasteiger partial charge is 0.0601 e. The zero-order chi connectivity index (χ0) is 13.1. The van der Waals surface area contributed by atoms with Gasteiger partial charge in [-0.15, -0.1) is 0 Å². The number of aromatic nitrogens is 1. The lowest BCUT2D eigenvalue weighted by atomic mass is 9.87. The van der Waals surface area contributed by atoms with Crippen molar-refractivity contribution in [3.8, 4) is 0 Å². The number of nitrogens with one attached hydrogen (secondary N) is 1. The van der Waals surface area contributed by atoms with Crippen molar-refractivity contribution in [2.75, 3.05) is 25.1 Å². The van der Waals surface area contributed by atoms with Crippen LogP contribution in [0.25, 0.3) is 0 Å². The highest BCUT2D eigenvalue weighted by atomic mass is 16.5. The van der Waals surface area contributed by atoms with E-state index in [0.29, 0.717) is 18.2 Å². The van der Waals surface area contributed by atoms with Crippen molar-refractivity contribution in [1.82, 2.24) is 10.3 Å². The van der Waals surface area contributed by atoms with Gasteiger partial charge in [-0.2, -0.15) is 0 Å². The van der Waals surface area contributed by atoms with Crippen molar-refractivity contribution in [1.29, 1.82) is 0 Å². The SMILES string of the molecule is COC1CC(NC2CCN(c3ccncc3)CC2)C1. The van der Waals surface area contributed by atoms with Crippen LogP contribution in [-0.2, 0) is 4.74 Å². The van der Waals surface area contributed by atoms with Crippen molar-refractivity contribution in [2.24, 2.45) is 0 Å². The molecule has 1 saturated heterocycles. The summed E-state index contributed by atoms with van der Waals surface area (Å²) in [7, 11) is 1.81. The van der Waals surface area contributed by atoms with Gasteiger partial charge in [-0.25, -0.2) is 0 Å². The molecule has 4 nitrogen and oxygen atoms in total. The number of piperidine rings is 1. The second kappa shape index (κ2) is 5.88. The summed E-state index contributed by atoms with van der Waals surface area (Å²) >= 11 is 0. The maximum Gasteiger partial charge on any atom is 0.0601 e. The summed E-state index contributed by atoms with van der Waals surface area (Å²) in [6.45, 7) is 2.28. The van der Waals surface area contributed by atoms with E-state index in [0.717, 1.165) is 13.1 Å². The maximum absolute atomic E-state index is 5.33. The van der Waals surface area contributed by atoms with Crippen LogP contribution in [0.15, 0.2) is 24.5 Å². The Labute approximate surface area is 115 Å². The molecular weight excluding hydrogens is 238 g/mol. The molecule has 4 heteroatoms. The van der Waals surface area contributed by atoms with Gasteiger partial charge in [0, 0.05) is 50.4 Å². The van der Waals surface area contributed by atoms with Crippen LogP contribution in [0.1, 0.15) is 25.7 Å². The largest absolute Gasteiger partial charge is 0.381 e. The molecule has 1 aromatic heterocycles. The van der Waals surface area contributed by atoms with Crippen LogP contribution in [0, 0.1) is 0 Å². The fraction of sp³-hybridized carbons (Fsp3) is 0.667. The maximum atomic E-state index is 5.33. The van der Waals surface area contributed by atoms with Crippen LogP contribution >= 0.6 is 0 Å². The highest BCUT2D eigenvalue weighted by molar-refractivity contribution is 5.44. The lowest BCUT2D eigenvalue weighted by molar-refractivity contribution is 0.0133. The minimum atomic E-state index is 0.495. The van der Waals surface area contributed by atoms with Gasteiger partial charge in [-0.3, -0.25) is 4.98 Å². The van der Waals surface area contributed by atoms with Crippen molar-refractivity contribution >= 4 is 5.69 Å². The highest BCUT2D eigenvalue weighted by Crippen LogP contribution is 2.25. The predicted octanol–water partition coefficient (Wildman–Crippen LogP) is 1.82. The van der Waals surface area contributed by atoms with Crippen molar-refractivity contribution in [3.05, 3.63) is 24.5 Å². The van der Waals surface area contributed by atoms with Crippen molar-refractivity contribution in [3.63, 3.8) is 0 Å². The van der Waals surface area contributed by atoms with E-state index < -0.39 is 0 Å². The molecule has 1 aliphatic heterocycles. The molecule has 0 spiro atoms. The average Bonchev–Trinajstić information content (AvgIpc) is 2.44. The van der Waals surface area contributed by atoms with Gasteiger partial charge in [0.25, 0.3) is 0 Å². The number of hydrogen-bond acceptors (Lipinski definition) is 4. The molecule has 0 unspecified atom stereocenters. The van der Waals surface area contributed by atoms with E-state index in [1.54, 1.807) is 0 Å². The Balaban J connectivity index is 1.43. The summed E-state index contributed by atoms with van der Waals surface area (Å²) in [6, 6.07) is 5.56. The minimum Gasteiger partial charge on any atom is -0.381 e. The normalized spacial score (nSPS) is 28.2. The zero-order valence-corrected chi connectivity index (χ0v) is 11.6. The predicted molar refractivity (Wildman–Crippen MR) is 76.4 cm³/mol. The lowest BCUT2D eigenvalue weighted by Gasteiger charge is -2.40. The molecule has 2 aliphatic rings. The summed E-state index contributed by atoms with van der Waals surface area (Å²) in [5.74, 6) is 0. The van der Waals surface area contributed by atoms with Gasteiger partial charge in [-0.1, -0.05) is 0 Å². The number of pyridine rings is 1. The molecule has 0 amide bonds. The molecule has 0 aromatic carbocycles. The number of ether oxygens (including phenoxy) is 1. The fourth-order valence-electron chi connectivity index (χ4n) is 3.09. The number of rotatable bonds is 4. The molecule has 1 N–H and O–H groups in total. The number of nitrogens with zero attached hydrogens (tertiary/aromatic N) is 2. The number of anilines is 1. The van der Waals surface area contributed by atoms with Gasteiger partial charge in [0.15, 0.2) is 0 Å². The van der Waals surface area contributed by atoms with Crippen LogP contribution < -0.4 is 10.2 Å². The Morgan fingerprint density at radius 1 is 1.16 bits per heavy atom. The number of hydrogen-bond donors (Lipinski definition) is 1. The molecular formula is C15H23N3O.